The topological polar surface area (TPSA) is 69.0 Å². The third kappa shape index (κ3) is 5.43. The first-order valence-electron chi connectivity index (χ1n) is 9.21. The Kier molecular flexibility index (Phi) is 7.67. The standard InChI is InChI=1S/C20H29N3O2/c1-3-5-12-23(13-6-4-2)14-8-11-21-17-15-18(24)19-16(20(17)25)9-7-10-22-19/h7,9-11,15,24-25H,3-6,8,12-14H2,1-2H3. The number of aromatic hydroxyl groups is 2. The Morgan fingerprint density at radius 3 is 2.52 bits per heavy atom. The zero-order valence-electron chi connectivity index (χ0n) is 15.3. The third-order valence-corrected chi connectivity index (χ3v) is 4.28. The number of pyridine rings is 1. The van der Waals surface area contributed by atoms with Crippen LogP contribution in [-0.2, 0) is 0 Å². The molecule has 136 valence electrons. The largest absolute Gasteiger partial charge is 0.506 e. The van der Waals surface area contributed by atoms with Crippen molar-refractivity contribution in [3.8, 4) is 11.5 Å². The molecule has 0 amide bonds. The molecule has 0 saturated carbocycles. The summed E-state index contributed by atoms with van der Waals surface area (Å²) in [5.74, 6) is 0.0963. The van der Waals surface area contributed by atoms with Gasteiger partial charge in [0.05, 0.1) is 0 Å². The fraction of sp³-hybridized carbons (Fsp3) is 0.500. The molecule has 0 unspecified atom stereocenters. The van der Waals surface area contributed by atoms with Crippen LogP contribution in [0.15, 0.2) is 29.4 Å². The van der Waals surface area contributed by atoms with Crippen LogP contribution in [0.1, 0.15) is 46.0 Å². The molecule has 5 heteroatoms. The Bertz CT molecular complexity index is 693. The molecule has 0 atom stereocenters. The second-order valence-corrected chi connectivity index (χ2v) is 6.31. The van der Waals surface area contributed by atoms with Gasteiger partial charge in [0.25, 0.3) is 0 Å². The maximum Gasteiger partial charge on any atom is 0.150 e. The van der Waals surface area contributed by atoms with E-state index in [1.807, 2.05) is 6.21 Å². The Morgan fingerprint density at radius 1 is 1.12 bits per heavy atom. The van der Waals surface area contributed by atoms with Gasteiger partial charge in [0.2, 0.25) is 0 Å². The van der Waals surface area contributed by atoms with Crippen LogP contribution in [0.2, 0.25) is 0 Å². The quantitative estimate of drug-likeness (QED) is 0.487. The molecule has 0 saturated heterocycles. The van der Waals surface area contributed by atoms with Crippen molar-refractivity contribution in [3.63, 3.8) is 0 Å². The number of aromatic nitrogens is 1. The lowest BCUT2D eigenvalue weighted by atomic mass is 10.1. The third-order valence-electron chi connectivity index (χ3n) is 4.28. The van der Waals surface area contributed by atoms with Crippen molar-refractivity contribution >= 4 is 22.8 Å². The van der Waals surface area contributed by atoms with E-state index in [9.17, 15) is 10.2 Å². The van der Waals surface area contributed by atoms with Crippen LogP contribution in [-0.4, -0.2) is 45.9 Å². The molecule has 0 radical (unpaired) electrons. The summed E-state index contributed by atoms with van der Waals surface area (Å²) >= 11 is 0. The highest BCUT2D eigenvalue weighted by Gasteiger charge is 2.10. The summed E-state index contributed by atoms with van der Waals surface area (Å²) < 4.78 is 0. The van der Waals surface area contributed by atoms with E-state index in [1.54, 1.807) is 18.3 Å². The van der Waals surface area contributed by atoms with Crippen molar-refractivity contribution in [2.45, 2.75) is 46.0 Å². The summed E-state index contributed by atoms with van der Waals surface area (Å²) in [6, 6.07) is 4.93. The lowest BCUT2D eigenvalue weighted by molar-refractivity contribution is 0.273. The smallest absolute Gasteiger partial charge is 0.150 e. The van der Waals surface area contributed by atoms with E-state index >= 15 is 0 Å². The molecule has 5 nitrogen and oxygen atoms in total. The zero-order chi connectivity index (χ0) is 18.1. The van der Waals surface area contributed by atoms with Crippen molar-refractivity contribution in [1.29, 1.82) is 0 Å². The summed E-state index contributed by atoms with van der Waals surface area (Å²) in [5, 5.41) is 20.9. The summed E-state index contributed by atoms with van der Waals surface area (Å²) in [7, 11) is 0. The van der Waals surface area contributed by atoms with E-state index < -0.39 is 0 Å². The van der Waals surface area contributed by atoms with Crippen LogP contribution in [0.3, 0.4) is 0 Å². The molecular weight excluding hydrogens is 314 g/mol. The molecule has 0 bridgehead atoms. The number of phenols is 2. The number of benzene rings is 1. The first kappa shape index (κ1) is 19.2. The molecule has 1 aromatic carbocycles. The van der Waals surface area contributed by atoms with E-state index in [4.69, 9.17) is 0 Å². The molecule has 2 rings (SSSR count). The summed E-state index contributed by atoms with van der Waals surface area (Å²) in [6.07, 6.45) is 9.07. The Morgan fingerprint density at radius 2 is 1.84 bits per heavy atom. The van der Waals surface area contributed by atoms with Gasteiger partial charge < -0.3 is 15.1 Å². The second kappa shape index (κ2) is 9.99. The highest BCUT2D eigenvalue weighted by Crippen LogP contribution is 2.38. The highest BCUT2D eigenvalue weighted by atomic mass is 16.3. The van der Waals surface area contributed by atoms with Crippen molar-refractivity contribution in [1.82, 2.24) is 9.88 Å². The second-order valence-electron chi connectivity index (χ2n) is 6.31. The van der Waals surface area contributed by atoms with Crippen LogP contribution in [0.4, 0.5) is 5.69 Å². The highest BCUT2D eigenvalue weighted by molar-refractivity contribution is 5.94. The molecule has 0 fully saturated rings. The van der Waals surface area contributed by atoms with E-state index in [0.717, 1.165) is 26.1 Å². The van der Waals surface area contributed by atoms with Crippen LogP contribution >= 0.6 is 0 Å². The van der Waals surface area contributed by atoms with Gasteiger partial charge in [-0.1, -0.05) is 26.7 Å². The molecule has 0 aliphatic carbocycles. The number of phenolic OH excluding ortho intramolecular Hbond substituents is 2. The van der Waals surface area contributed by atoms with Gasteiger partial charge in [0, 0.05) is 30.4 Å². The molecule has 0 aliphatic rings. The van der Waals surface area contributed by atoms with Crippen molar-refractivity contribution in [2.24, 2.45) is 4.99 Å². The van der Waals surface area contributed by atoms with Crippen molar-refractivity contribution in [3.05, 3.63) is 24.4 Å². The van der Waals surface area contributed by atoms with Crippen LogP contribution < -0.4 is 0 Å². The Balaban J connectivity index is 2.01. The molecule has 1 heterocycles. The molecule has 0 spiro atoms. The van der Waals surface area contributed by atoms with E-state index in [1.165, 1.54) is 31.7 Å². The normalized spacial score (nSPS) is 11.8. The molecular formula is C20H29N3O2. The van der Waals surface area contributed by atoms with E-state index in [-0.39, 0.29) is 11.5 Å². The van der Waals surface area contributed by atoms with Gasteiger partial charge in [0.1, 0.15) is 17.0 Å². The van der Waals surface area contributed by atoms with E-state index in [2.05, 4.69) is 28.7 Å². The van der Waals surface area contributed by atoms with Crippen LogP contribution in [0, 0.1) is 0 Å². The molecule has 1 aromatic heterocycles. The maximum atomic E-state index is 10.3. The summed E-state index contributed by atoms with van der Waals surface area (Å²) in [6.45, 7) is 7.63. The van der Waals surface area contributed by atoms with Gasteiger partial charge >= 0.3 is 0 Å². The Hall–Kier alpha value is -2.14. The summed E-state index contributed by atoms with van der Waals surface area (Å²) in [5.41, 5.74) is 0.774. The predicted molar refractivity (Wildman–Crippen MR) is 104 cm³/mol. The van der Waals surface area contributed by atoms with Gasteiger partial charge in [-0.2, -0.15) is 0 Å². The monoisotopic (exact) mass is 343 g/mol. The lowest BCUT2D eigenvalue weighted by Crippen LogP contribution is -2.27. The van der Waals surface area contributed by atoms with Gasteiger partial charge in [-0.05, 0) is 44.5 Å². The SMILES string of the molecule is CCCCN(CCC=Nc1cc(O)c2ncccc2c1O)CCCC. The predicted octanol–water partition coefficient (Wildman–Crippen LogP) is 4.64. The molecule has 0 aliphatic heterocycles. The molecule has 2 aromatic rings. The minimum atomic E-state index is 0.0352. The fourth-order valence-corrected chi connectivity index (χ4v) is 2.81. The average Bonchev–Trinajstić information content (AvgIpc) is 2.64. The number of fused-ring (bicyclic) bond motifs is 1. The molecule has 2 N–H and O–H groups in total. The number of unbranched alkanes of at least 4 members (excludes halogenated alkanes) is 2. The van der Waals surface area contributed by atoms with Crippen LogP contribution in [0.5, 0.6) is 11.5 Å². The van der Waals surface area contributed by atoms with Crippen molar-refractivity contribution < 1.29 is 10.2 Å². The first-order chi connectivity index (χ1) is 12.2. The average molecular weight is 343 g/mol. The van der Waals surface area contributed by atoms with Gasteiger partial charge in [-0.25, -0.2) is 0 Å². The number of aliphatic imine (C=N–C) groups is 1. The van der Waals surface area contributed by atoms with Crippen molar-refractivity contribution in [2.75, 3.05) is 19.6 Å². The van der Waals surface area contributed by atoms with Gasteiger partial charge in [0.15, 0.2) is 5.75 Å². The van der Waals surface area contributed by atoms with Gasteiger partial charge in [-0.3, -0.25) is 9.98 Å². The molecule has 25 heavy (non-hydrogen) atoms. The minimum Gasteiger partial charge on any atom is -0.506 e. The minimum absolute atomic E-state index is 0.0352. The van der Waals surface area contributed by atoms with E-state index in [0.29, 0.717) is 16.6 Å². The number of hydrogen-bond donors (Lipinski definition) is 2. The number of rotatable bonds is 10. The first-order valence-corrected chi connectivity index (χ1v) is 9.21. The Labute approximate surface area is 150 Å². The lowest BCUT2D eigenvalue weighted by Gasteiger charge is -2.20. The fourth-order valence-electron chi connectivity index (χ4n) is 2.81. The maximum absolute atomic E-state index is 10.3. The van der Waals surface area contributed by atoms with Crippen LogP contribution in [0.25, 0.3) is 10.9 Å². The van der Waals surface area contributed by atoms with Gasteiger partial charge in [-0.15, -0.1) is 0 Å². The number of hydrogen-bond acceptors (Lipinski definition) is 5. The zero-order valence-corrected chi connectivity index (χ0v) is 15.3. The summed E-state index contributed by atoms with van der Waals surface area (Å²) in [4.78, 5) is 10.9. The number of nitrogens with zero attached hydrogens (tertiary/aromatic N) is 3.